The molecule has 4 rings (SSSR count). The molecule has 0 radical (unpaired) electrons. The third kappa shape index (κ3) is 6.22. The van der Waals surface area contributed by atoms with Crippen molar-refractivity contribution in [3.05, 3.63) is 74.2 Å². The van der Waals surface area contributed by atoms with Crippen molar-refractivity contribution in [1.29, 1.82) is 0 Å². The summed E-state index contributed by atoms with van der Waals surface area (Å²) in [4.78, 5) is 33.5. The van der Waals surface area contributed by atoms with Crippen LogP contribution in [0.3, 0.4) is 0 Å². The molecule has 0 spiro atoms. The van der Waals surface area contributed by atoms with Crippen molar-refractivity contribution in [3.8, 4) is 0 Å². The number of allylic oxidation sites excluding steroid dienone is 3. The van der Waals surface area contributed by atoms with Crippen LogP contribution in [0, 0.1) is 11.7 Å². The minimum absolute atomic E-state index is 0.103. The van der Waals surface area contributed by atoms with E-state index in [4.69, 9.17) is 21.3 Å². The Morgan fingerprint density at radius 3 is 2.68 bits per heavy atom. The molecule has 2 N–H and O–H groups in total. The third-order valence-corrected chi connectivity index (χ3v) is 8.31. The number of methoxy groups -OCH3 is 2. The highest BCUT2D eigenvalue weighted by Crippen LogP contribution is 2.40. The SMILES string of the molecule is COC(=O)CS(=O)(=O)NC1=CC[C@H](C2=C(C(=O)OC)C(c3ccc(F)cc3Cl)N=C(c3nccs3)N2)CC1. The first-order valence-corrected chi connectivity index (χ1v) is 14.3. The van der Waals surface area contributed by atoms with Crippen molar-refractivity contribution in [1.82, 2.24) is 15.0 Å². The quantitative estimate of drug-likeness (QED) is 0.453. The fourth-order valence-corrected chi connectivity index (χ4v) is 6.20. The maximum atomic E-state index is 13.8. The van der Waals surface area contributed by atoms with Gasteiger partial charge in [0.05, 0.1) is 19.8 Å². The van der Waals surface area contributed by atoms with Crippen LogP contribution in [-0.2, 0) is 29.1 Å². The molecule has 1 aliphatic carbocycles. The molecule has 0 amide bonds. The molecular formula is C24H24ClFN4O6S2. The van der Waals surface area contributed by atoms with E-state index in [9.17, 15) is 22.4 Å². The topological polar surface area (TPSA) is 136 Å². The number of sulfonamides is 1. The molecule has 1 unspecified atom stereocenters. The van der Waals surface area contributed by atoms with Crippen LogP contribution in [0.1, 0.15) is 35.9 Å². The molecule has 0 bridgehead atoms. The summed E-state index contributed by atoms with van der Waals surface area (Å²) < 4.78 is 50.3. The number of hydrogen-bond donors (Lipinski definition) is 2. The molecule has 2 aliphatic rings. The van der Waals surface area contributed by atoms with E-state index in [1.807, 2.05) is 0 Å². The third-order valence-electron chi connectivity index (χ3n) is 6.01. The van der Waals surface area contributed by atoms with Crippen molar-refractivity contribution in [2.24, 2.45) is 10.9 Å². The Kier molecular flexibility index (Phi) is 8.48. The van der Waals surface area contributed by atoms with Crippen molar-refractivity contribution in [2.75, 3.05) is 20.0 Å². The predicted octanol–water partition coefficient (Wildman–Crippen LogP) is 3.23. The van der Waals surface area contributed by atoms with Gasteiger partial charge in [0.1, 0.15) is 11.9 Å². The second-order valence-corrected chi connectivity index (χ2v) is 11.5. The first kappa shape index (κ1) is 27.7. The lowest BCUT2D eigenvalue weighted by Crippen LogP contribution is -2.38. The lowest BCUT2D eigenvalue weighted by atomic mass is 9.84. The fourth-order valence-electron chi connectivity index (χ4n) is 4.26. The van der Waals surface area contributed by atoms with Gasteiger partial charge in [0, 0.05) is 39.5 Å². The van der Waals surface area contributed by atoms with Gasteiger partial charge in [0.25, 0.3) is 0 Å². The minimum Gasteiger partial charge on any atom is -0.468 e. The van der Waals surface area contributed by atoms with E-state index in [1.54, 1.807) is 17.7 Å². The number of carbonyl (C=O) groups excluding carboxylic acids is 2. The van der Waals surface area contributed by atoms with Gasteiger partial charge in [-0.1, -0.05) is 23.7 Å². The van der Waals surface area contributed by atoms with Crippen LogP contribution in [0.15, 0.2) is 57.8 Å². The first-order chi connectivity index (χ1) is 18.1. The van der Waals surface area contributed by atoms with E-state index in [1.165, 1.54) is 30.6 Å². The number of nitrogens with one attached hydrogen (secondary N) is 2. The molecule has 2 aromatic rings. The van der Waals surface area contributed by atoms with Crippen LogP contribution in [0.25, 0.3) is 0 Å². The van der Waals surface area contributed by atoms with E-state index in [0.29, 0.717) is 47.1 Å². The maximum Gasteiger partial charge on any atom is 0.338 e. The molecule has 0 saturated heterocycles. The number of ether oxygens (including phenoxy) is 2. The molecule has 1 aromatic carbocycles. The average molecular weight is 583 g/mol. The fraction of sp³-hybridized carbons (Fsp3) is 0.333. The van der Waals surface area contributed by atoms with Crippen molar-refractivity contribution >= 4 is 50.7 Å². The summed E-state index contributed by atoms with van der Waals surface area (Å²) in [5.41, 5.74) is 1.61. The molecule has 14 heteroatoms. The number of aromatic nitrogens is 1. The van der Waals surface area contributed by atoms with Crippen molar-refractivity contribution in [3.63, 3.8) is 0 Å². The minimum atomic E-state index is -3.92. The van der Waals surface area contributed by atoms with Gasteiger partial charge in [-0.05, 0) is 31.4 Å². The highest BCUT2D eigenvalue weighted by Gasteiger charge is 2.37. The highest BCUT2D eigenvalue weighted by molar-refractivity contribution is 7.90. The molecule has 1 aliphatic heterocycles. The maximum absolute atomic E-state index is 13.8. The van der Waals surface area contributed by atoms with Gasteiger partial charge in [-0.3, -0.25) is 14.5 Å². The lowest BCUT2D eigenvalue weighted by molar-refractivity contribution is -0.138. The zero-order valence-corrected chi connectivity index (χ0v) is 22.8. The average Bonchev–Trinajstić information content (AvgIpc) is 3.42. The number of halogens is 2. The number of aliphatic imine (C=N–C) groups is 1. The van der Waals surface area contributed by atoms with Gasteiger partial charge in [0.15, 0.2) is 16.6 Å². The van der Waals surface area contributed by atoms with Crippen LogP contribution in [0.5, 0.6) is 0 Å². The number of thiazole rings is 1. The van der Waals surface area contributed by atoms with E-state index in [2.05, 4.69) is 19.8 Å². The van der Waals surface area contributed by atoms with Gasteiger partial charge >= 0.3 is 11.9 Å². The van der Waals surface area contributed by atoms with Crippen LogP contribution in [-0.4, -0.2) is 51.1 Å². The van der Waals surface area contributed by atoms with Gasteiger partial charge in [-0.2, -0.15) is 0 Å². The van der Waals surface area contributed by atoms with Gasteiger partial charge in [-0.25, -0.2) is 22.6 Å². The lowest BCUT2D eigenvalue weighted by Gasteiger charge is -2.32. The van der Waals surface area contributed by atoms with Gasteiger partial charge in [-0.15, -0.1) is 11.3 Å². The number of esters is 2. The first-order valence-electron chi connectivity index (χ1n) is 11.4. The second-order valence-electron chi connectivity index (χ2n) is 8.47. The smallest absolute Gasteiger partial charge is 0.338 e. The monoisotopic (exact) mass is 582 g/mol. The summed E-state index contributed by atoms with van der Waals surface area (Å²) in [6, 6.07) is 2.98. The predicted molar refractivity (Wildman–Crippen MR) is 139 cm³/mol. The standard InChI is InChI=1S/C24H24ClFN4O6S2/c1-35-18(31)12-38(33,34)30-15-6-3-13(4-7-15)20-19(24(32)36-2)21(16-8-5-14(26)11-17(16)25)29-22(28-20)23-27-9-10-37-23/h5-6,8-11,13,21,30H,3-4,7,12H2,1-2H3,(H,28,29)/t13-,21?/m0/s1. The zero-order chi connectivity index (χ0) is 27.4. The number of benzene rings is 1. The molecule has 0 saturated carbocycles. The number of amidine groups is 1. The van der Waals surface area contributed by atoms with Crippen molar-refractivity contribution < 1.29 is 31.9 Å². The Morgan fingerprint density at radius 2 is 2.08 bits per heavy atom. The molecule has 38 heavy (non-hydrogen) atoms. The summed E-state index contributed by atoms with van der Waals surface area (Å²) in [5, 5.41) is 5.72. The van der Waals surface area contributed by atoms with Crippen LogP contribution in [0.2, 0.25) is 5.02 Å². The molecular weight excluding hydrogens is 559 g/mol. The second kappa shape index (κ2) is 11.6. The van der Waals surface area contributed by atoms with E-state index < -0.39 is 39.6 Å². The zero-order valence-electron chi connectivity index (χ0n) is 20.4. The Balaban J connectivity index is 1.71. The summed E-state index contributed by atoms with van der Waals surface area (Å²) in [6.07, 6.45) is 4.50. The Hall–Kier alpha value is -3.29. The number of nitrogens with zero attached hydrogens (tertiary/aromatic N) is 2. The normalized spacial score (nSPS) is 19.7. The summed E-state index contributed by atoms with van der Waals surface area (Å²) in [6.45, 7) is 0. The summed E-state index contributed by atoms with van der Waals surface area (Å²) in [5.74, 6) is -2.65. The Bertz CT molecular complexity index is 1440. The van der Waals surface area contributed by atoms with Crippen molar-refractivity contribution in [2.45, 2.75) is 25.3 Å². The molecule has 10 nitrogen and oxygen atoms in total. The van der Waals surface area contributed by atoms with E-state index in [0.717, 1.165) is 13.2 Å². The Labute approximate surface area is 227 Å². The van der Waals surface area contributed by atoms with E-state index >= 15 is 0 Å². The molecule has 2 heterocycles. The van der Waals surface area contributed by atoms with Crippen LogP contribution >= 0.6 is 22.9 Å². The molecule has 202 valence electrons. The molecule has 1 aromatic heterocycles. The van der Waals surface area contributed by atoms with E-state index in [-0.39, 0.29) is 16.5 Å². The summed E-state index contributed by atoms with van der Waals surface area (Å²) >= 11 is 7.73. The molecule has 0 fully saturated rings. The number of rotatable bonds is 8. The number of carbonyl (C=O) groups is 2. The van der Waals surface area contributed by atoms with Crippen LogP contribution in [0.4, 0.5) is 4.39 Å². The summed E-state index contributed by atoms with van der Waals surface area (Å²) in [7, 11) is -1.55. The van der Waals surface area contributed by atoms with Gasteiger partial charge in [0.2, 0.25) is 10.0 Å². The largest absolute Gasteiger partial charge is 0.468 e. The van der Waals surface area contributed by atoms with Gasteiger partial charge < -0.3 is 14.8 Å². The van der Waals surface area contributed by atoms with Crippen LogP contribution < -0.4 is 10.0 Å². The Morgan fingerprint density at radius 1 is 1.29 bits per heavy atom. The highest BCUT2D eigenvalue weighted by atomic mass is 35.5. The number of hydrogen-bond acceptors (Lipinski definition) is 10. The molecule has 2 atom stereocenters.